The molecule has 2 aliphatic heterocycles. The minimum Gasteiger partial charge on any atom is -0.481 e. The summed E-state index contributed by atoms with van der Waals surface area (Å²) in [7, 11) is 0. The van der Waals surface area contributed by atoms with Gasteiger partial charge in [-0.25, -0.2) is 0 Å². The Morgan fingerprint density at radius 2 is 1.79 bits per heavy atom. The van der Waals surface area contributed by atoms with Crippen molar-refractivity contribution in [2.45, 2.75) is 44.1 Å². The summed E-state index contributed by atoms with van der Waals surface area (Å²) in [6.45, 7) is 0.750. The van der Waals surface area contributed by atoms with Crippen molar-refractivity contribution < 1.29 is 19.4 Å². The summed E-state index contributed by atoms with van der Waals surface area (Å²) in [6, 6.07) is 18.1. The minimum atomic E-state index is -0.626. The highest BCUT2D eigenvalue weighted by Crippen LogP contribution is 2.59. The highest BCUT2D eigenvalue weighted by Gasteiger charge is 2.54. The maximum absolute atomic E-state index is 11.2. The maximum atomic E-state index is 11.2. The van der Waals surface area contributed by atoms with Crippen LogP contribution in [0.5, 0.6) is 11.5 Å². The third-order valence-corrected chi connectivity index (χ3v) is 7.05. The minimum absolute atomic E-state index is 0.116. The number of hydrogen-bond acceptors (Lipinski definition) is 3. The first-order valence-electron chi connectivity index (χ1n) is 10.3. The third kappa shape index (κ3) is 3.20. The van der Waals surface area contributed by atoms with E-state index in [1.165, 1.54) is 5.56 Å². The summed E-state index contributed by atoms with van der Waals surface area (Å²) in [5, 5.41) is 9.20. The summed E-state index contributed by atoms with van der Waals surface area (Å²) in [4.78, 5) is 11.2. The third-order valence-electron chi connectivity index (χ3n) is 7.05. The van der Waals surface area contributed by atoms with Gasteiger partial charge in [0, 0.05) is 0 Å². The Balaban J connectivity index is 1.28. The van der Waals surface area contributed by atoms with Crippen LogP contribution in [0.4, 0.5) is 0 Å². The number of carbonyl (C=O) groups is 1. The van der Waals surface area contributed by atoms with E-state index in [4.69, 9.17) is 9.47 Å². The van der Waals surface area contributed by atoms with Gasteiger partial charge in [-0.1, -0.05) is 30.3 Å². The normalized spacial score (nSPS) is 33.4. The smallest absolute Gasteiger partial charge is 0.306 e. The van der Waals surface area contributed by atoms with Gasteiger partial charge in [0.1, 0.15) is 11.5 Å². The number of rotatable bonds is 6. The number of carboxylic acid groups (broad SMARTS) is 1. The zero-order valence-corrected chi connectivity index (χ0v) is 16.0. The number of hydrogen-bond donors (Lipinski definition) is 1. The molecule has 6 rings (SSSR count). The fourth-order valence-corrected chi connectivity index (χ4v) is 5.20. The summed E-state index contributed by atoms with van der Waals surface area (Å²) in [5.41, 5.74) is 1.17. The predicted octanol–water partition coefficient (Wildman–Crippen LogP) is 5.38. The van der Waals surface area contributed by atoms with Crippen LogP contribution in [0, 0.1) is 17.3 Å². The van der Waals surface area contributed by atoms with Crippen LogP contribution in [0.3, 0.4) is 0 Å². The number of benzene rings is 2. The summed E-state index contributed by atoms with van der Waals surface area (Å²) in [5.74, 6) is 1.29. The van der Waals surface area contributed by atoms with E-state index in [1.807, 2.05) is 42.5 Å². The molecule has 2 bridgehead atoms. The van der Waals surface area contributed by atoms with Gasteiger partial charge in [0.25, 0.3) is 0 Å². The Bertz CT molecular complexity index is 851. The second-order valence-electron chi connectivity index (χ2n) is 8.87. The largest absolute Gasteiger partial charge is 0.481 e. The molecule has 2 atom stereocenters. The highest BCUT2D eigenvalue weighted by molar-refractivity contribution is 5.73. The molecular formula is C24H26O4. The average Bonchev–Trinajstić information content (AvgIpc) is 3.49. The molecule has 2 aromatic rings. The van der Waals surface area contributed by atoms with Crippen LogP contribution in [0.15, 0.2) is 54.6 Å². The molecule has 1 N–H and O–H groups in total. The van der Waals surface area contributed by atoms with Gasteiger partial charge in [0.05, 0.1) is 18.1 Å². The van der Waals surface area contributed by atoms with Crippen molar-refractivity contribution in [3.63, 3.8) is 0 Å². The van der Waals surface area contributed by atoms with Crippen LogP contribution >= 0.6 is 0 Å². The molecule has 0 spiro atoms. The monoisotopic (exact) mass is 378 g/mol. The first-order valence-corrected chi connectivity index (χ1v) is 10.3. The van der Waals surface area contributed by atoms with Crippen LogP contribution in [0.1, 0.15) is 44.1 Å². The molecule has 2 heterocycles. The van der Waals surface area contributed by atoms with Crippen LogP contribution in [-0.2, 0) is 15.1 Å². The maximum Gasteiger partial charge on any atom is 0.306 e. The highest BCUT2D eigenvalue weighted by atomic mass is 16.5. The first kappa shape index (κ1) is 17.7. The lowest BCUT2D eigenvalue weighted by atomic mass is 9.62. The molecule has 2 saturated carbocycles. The Hall–Kier alpha value is -2.33. The molecule has 4 nitrogen and oxygen atoms in total. The van der Waals surface area contributed by atoms with E-state index in [0.717, 1.165) is 56.6 Å². The fourth-order valence-electron chi connectivity index (χ4n) is 5.20. The van der Waals surface area contributed by atoms with Crippen molar-refractivity contribution in [3.8, 4) is 11.5 Å². The van der Waals surface area contributed by atoms with Gasteiger partial charge in [-0.3, -0.25) is 4.79 Å². The molecule has 28 heavy (non-hydrogen) atoms. The van der Waals surface area contributed by atoms with Gasteiger partial charge in [-0.15, -0.1) is 0 Å². The lowest BCUT2D eigenvalue weighted by molar-refractivity contribution is -0.193. The fraction of sp³-hybridized carbons (Fsp3) is 0.458. The van der Waals surface area contributed by atoms with Gasteiger partial charge in [-0.05, 0) is 79.7 Å². The molecule has 146 valence electrons. The van der Waals surface area contributed by atoms with Crippen LogP contribution in [0.2, 0.25) is 0 Å². The van der Waals surface area contributed by atoms with Crippen molar-refractivity contribution in [2.24, 2.45) is 17.3 Å². The topological polar surface area (TPSA) is 55.8 Å². The molecule has 0 amide bonds. The molecule has 4 aliphatic rings. The average molecular weight is 378 g/mol. The SMILES string of the molecule is O=C(O)C1CC1CC12CCC(c3cccc(Oc4ccccc4)c3)(CC1)OC2. The molecule has 2 aromatic carbocycles. The Morgan fingerprint density at radius 1 is 1.04 bits per heavy atom. The number of para-hydroxylation sites is 1. The quantitative estimate of drug-likeness (QED) is 0.734. The van der Waals surface area contributed by atoms with Gasteiger partial charge in [0.2, 0.25) is 0 Å². The first-order chi connectivity index (χ1) is 13.6. The van der Waals surface area contributed by atoms with Gasteiger partial charge < -0.3 is 14.6 Å². The second-order valence-corrected chi connectivity index (χ2v) is 8.87. The molecule has 2 aliphatic carbocycles. The van der Waals surface area contributed by atoms with Crippen molar-refractivity contribution in [2.75, 3.05) is 6.61 Å². The van der Waals surface area contributed by atoms with Crippen LogP contribution in [0.25, 0.3) is 0 Å². The summed E-state index contributed by atoms with van der Waals surface area (Å²) >= 11 is 0. The standard InChI is InChI=1S/C24H26O4/c25-22(26)21-13-17(21)15-23-9-11-24(12-10-23,27-16-23)18-5-4-8-20(14-18)28-19-6-2-1-3-7-19/h1-8,14,17,21H,9-13,15-16H2,(H,25,26). The van der Waals surface area contributed by atoms with E-state index in [0.29, 0.717) is 5.92 Å². The van der Waals surface area contributed by atoms with Gasteiger partial charge >= 0.3 is 5.97 Å². The molecule has 2 unspecified atom stereocenters. The van der Waals surface area contributed by atoms with E-state index in [1.54, 1.807) is 0 Å². The molecule has 2 saturated heterocycles. The molecule has 0 radical (unpaired) electrons. The second kappa shape index (κ2) is 6.63. The lowest BCUT2D eigenvalue weighted by Crippen LogP contribution is -2.49. The van der Waals surface area contributed by atoms with Crippen molar-refractivity contribution >= 4 is 5.97 Å². The van der Waals surface area contributed by atoms with E-state index in [2.05, 4.69) is 12.1 Å². The van der Waals surface area contributed by atoms with Crippen molar-refractivity contribution in [3.05, 3.63) is 60.2 Å². The molecular weight excluding hydrogens is 352 g/mol. The molecule has 0 aromatic heterocycles. The number of aliphatic carboxylic acids is 1. The lowest BCUT2D eigenvalue weighted by Gasteiger charge is -2.53. The van der Waals surface area contributed by atoms with E-state index in [-0.39, 0.29) is 16.9 Å². The molecule has 4 heteroatoms. The summed E-state index contributed by atoms with van der Waals surface area (Å²) < 4.78 is 12.5. The van der Waals surface area contributed by atoms with Gasteiger partial charge in [-0.2, -0.15) is 0 Å². The molecule has 4 fully saturated rings. The number of fused-ring (bicyclic) bond motifs is 3. The predicted molar refractivity (Wildman–Crippen MR) is 105 cm³/mol. The zero-order chi connectivity index (χ0) is 19.2. The van der Waals surface area contributed by atoms with Crippen LogP contribution < -0.4 is 4.74 Å². The van der Waals surface area contributed by atoms with Gasteiger partial charge in [0.15, 0.2) is 0 Å². The Morgan fingerprint density at radius 3 is 2.43 bits per heavy atom. The van der Waals surface area contributed by atoms with E-state index < -0.39 is 5.97 Å². The van der Waals surface area contributed by atoms with Crippen molar-refractivity contribution in [1.82, 2.24) is 0 Å². The Kier molecular flexibility index (Phi) is 4.20. The number of carboxylic acids is 1. The Labute approximate surface area is 165 Å². The summed E-state index contributed by atoms with van der Waals surface area (Å²) in [6.07, 6.45) is 6.12. The zero-order valence-electron chi connectivity index (χ0n) is 16.0. The van der Waals surface area contributed by atoms with Crippen molar-refractivity contribution in [1.29, 1.82) is 0 Å². The van der Waals surface area contributed by atoms with E-state index in [9.17, 15) is 9.90 Å². The van der Waals surface area contributed by atoms with Crippen LogP contribution in [-0.4, -0.2) is 17.7 Å². The van der Waals surface area contributed by atoms with E-state index >= 15 is 0 Å². The number of ether oxygens (including phenoxy) is 2.